The largest absolute Gasteiger partial charge is 1.00 e. The Morgan fingerprint density at radius 1 is 1.19 bits per heavy atom. The Balaban J connectivity index is 0.00000225. The van der Waals surface area contributed by atoms with Crippen LogP contribution in [0.25, 0.3) is 0 Å². The molecule has 0 unspecified atom stereocenters. The van der Waals surface area contributed by atoms with Gasteiger partial charge in [-0.25, -0.2) is 0 Å². The molecule has 0 atom stereocenters. The van der Waals surface area contributed by atoms with Gasteiger partial charge in [-0.15, -0.1) is 0 Å². The lowest BCUT2D eigenvalue weighted by Crippen LogP contribution is -3.00. The van der Waals surface area contributed by atoms with Crippen molar-refractivity contribution >= 4 is 11.7 Å². The van der Waals surface area contributed by atoms with Crippen molar-refractivity contribution in [1.82, 2.24) is 4.48 Å². The maximum Gasteiger partial charge on any atom is 0.303 e. The number of hydrogen-bond donors (Lipinski definition) is 1. The Labute approximate surface area is 114 Å². The summed E-state index contributed by atoms with van der Waals surface area (Å²) in [4.78, 5) is 10.4. The van der Waals surface area contributed by atoms with E-state index in [0.29, 0.717) is 6.42 Å². The van der Waals surface area contributed by atoms with Crippen LogP contribution in [-0.2, 0) is 11.2 Å². The van der Waals surface area contributed by atoms with Gasteiger partial charge in [0.25, 0.3) is 0 Å². The predicted molar refractivity (Wildman–Crippen MR) is 62.0 cm³/mol. The number of benzene rings is 1. The Kier molecular flexibility index (Phi) is 5.96. The molecule has 1 aromatic rings. The minimum absolute atomic E-state index is 0. The molecule has 0 bridgehead atoms. The fourth-order valence-electron chi connectivity index (χ4n) is 1.36. The molecule has 0 aliphatic heterocycles. The molecule has 1 N–H and O–H groups in total. The third-order valence-corrected chi connectivity index (χ3v) is 2.34. The van der Waals surface area contributed by atoms with Crippen molar-refractivity contribution in [3.8, 4) is 0 Å². The van der Waals surface area contributed by atoms with Gasteiger partial charge >= 0.3 is 5.97 Å². The third-order valence-electron chi connectivity index (χ3n) is 2.34. The molecule has 90 valence electrons. The standard InChI is InChI=1S/C12H17NO2.HI/c1-13(2,3)11-7-4-10(5-8-11)6-9-12(14)15;/h4-5,7-8H,6,9H2,1-3H3;1H. The molecular formula is C12H18INO2. The number of quaternary nitrogens is 1. The maximum absolute atomic E-state index is 10.4. The van der Waals surface area contributed by atoms with Gasteiger partial charge in [0.2, 0.25) is 0 Å². The first-order valence-corrected chi connectivity index (χ1v) is 5.02. The smallest absolute Gasteiger partial charge is 0.303 e. The number of carbonyl (C=O) groups is 1. The average Bonchev–Trinajstić information content (AvgIpc) is 2.14. The quantitative estimate of drug-likeness (QED) is 0.561. The van der Waals surface area contributed by atoms with Crippen LogP contribution in [0.4, 0.5) is 5.69 Å². The van der Waals surface area contributed by atoms with Crippen molar-refractivity contribution in [1.29, 1.82) is 0 Å². The fourth-order valence-corrected chi connectivity index (χ4v) is 1.36. The van der Waals surface area contributed by atoms with Crippen LogP contribution in [0.5, 0.6) is 0 Å². The molecule has 0 heterocycles. The molecular weight excluding hydrogens is 317 g/mol. The van der Waals surface area contributed by atoms with Crippen LogP contribution in [0.3, 0.4) is 0 Å². The van der Waals surface area contributed by atoms with Crippen molar-refractivity contribution in [3.63, 3.8) is 0 Å². The zero-order chi connectivity index (χ0) is 11.5. The molecule has 0 radical (unpaired) electrons. The molecule has 0 aliphatic carbocycles. The van der Waals surface area contributed by atoms with E-state index in [0.717, 1.165) is 10.0 Å². The molecule has 0 amide bonds. The molecule has 16 heavy (non-hydrogen) atoms. The Hall–Kier alpha value is -0.620. The monoisotopic (exact) mass is 335 g/mol. The zero-order valence-corrected chi connectivity index (χ0v) is 12.1. The first-order valence-electron chi connectivity index (χ1n) is 5.02. The Morgan fingerprint density at radius 3 is 2.06 bits per heavy atom. The summed E-state index contributed by atoms with van der Waals surface area (Å²) in [5.41, 5.74) is 2.30. The highest BCUT2D eigenvalue weighted by Crippen LogP contribution is 2.17. The van der Waals surface area contributed by atoms with Gasteiger partial charge in [-0.2, -0.15) is 0 Å². The van der Waals surface area contributed by atoms with Crippen molar-refractivity contribution < 1.29 is 33.9 Å². The molecule has 0 saturated carbocycles. The number of aryl methyl sites for hydroxylation is 1. The lowest BCUT2D eigenvalue weighted by atomic mass is 10.1. The van der Waals surface area contributed by atoms with Gasteiger partial charge in [-0.3, -0.25) is 9.28 Å². The lowest BCUT2D eigenvalue weighted by molar-refractivity contribution is -0.136. The van der Waals surface area contributed by atoms with Crippen molar-refractivity contribution in [2.24, 2.45) is 0 Å². The topological polar surface area (TPSA) is 37.3 Å². The van der Waals surface area contributed by atoms with Gasteiger partial charge in [-0.05, 0) is 24.1 Å². The number of halogens is 1. The van der Waals surface area contributed by atoms with Gasteiger partial charge in [-0.1, -0.05) is 12.1 Å². The van der Waals surface area contributed by atoms with Gasteiger partial charge in [0, 0.05) is 6.42 Å². The average molecular weight is 335 g/mol. The van der Waals surface area contributed by atoms with Crippen LogP contribution in [-0.4, -0.2) is 32.2 Å². The second kappa shape index (κ2) is 6.20. The van der Waals surface area contributed by atoms with Crippen molar-refractivity contribution in [3.05, 3.63) is 29.8 Å². The van der Waals surface area contributed by atoms with E-state index in [9.17, 15) is 4.79 Å². The number of aliphatic carboxylic acids is 1. The van der Waals surface area contributed by atoms with E-state index in [1.165, 1.54) is 5.69 Å². The first-order chi connectivity index (χ1) is 6.89. The summed E-state index contributed by atoms with van der Waals surface area (Å²) >= 11 is 0. The number of rotatable bonds is 4. The van der Waals surface area contributed by atoms with Crippen molar-refractivity contribution in [2.75, 3.05) is 21.1 Å². The number of carboxylic acid groups (broad SMARTS) is 1. The molecule has 3 nitrogen and oxygen atoms in total. The van der Waals surface area contributed by atoms with Crippen LogP contribution in [0.15, 0.2) is 24.3 Å². The second-order valence-corrected chi connectivity index (χ2v) is 4.57. The summed E-state index contributed by atoms with van der Waals surface area (Å²) in [6.45, 7) is 0. The summed E-state index contributed by atoms with van der Waals surface area (Å²) < 4.78 is 0.777. The van der Waals surface area contributed by atoms with Crippen LogP contribution < -0.4 is 28.5 Å². The molecule has 4 heteroatoms. The van der Waals surface area contributed by atoms with Crippen LogP contribution >= 0.6 is 0 Å². The molecule has 0 fully saturated rings. The van der Waals surface area contributed by atoms with Crippen LogP contribution in [0.2, 0.25) is 0 Å². The van der Waals surface area contributed by atoms with Crippen LogP contribution in [0, 0.1) is 0 Å². The van der Waals surface area contributed by atoms with E-state index in [4.69, 9.17) is 5.11 Å². The highest BCUT2D eigenvalue weighted by atomic mass is 127. The van der Waals surface area contributed by atoms with Gasteiger partial charge in [0.1, 0.15) is 5.69 Å². The molecule has 1 rings (SSSR count). The fraction of sp³-hybridized carbons (Fsp3) is 0.417. The second-order valence-electron chi connectivity index (χ2n) is 4.57. The zero-order valence-electron chi connectivity index (χ0n) is 9.90. The molecule has 0 aliphatic rings. The summed E-state index contributed by atoms with van der Waals surface area (Å²) in [6, 6.07) is 8.11. The minimum atomic E-state index is -0.745. The first kappa shape index (κ1) is 15.4. The summed E-state index contributed by atoms with van der Waals surface area (Å²) in [7, 11) is 6.31. The van der Waals surface area contributed by atoms with E-state index in [2.05, 4.69) is 33.3 Å². The number of carboxylic acids is 1. The van der Waals surface area contributed by atoms with E-state index >= 15 is 0 Å². The maximum atomic E-state index is 10.4. The lowest BCUT2D eigenvalue weighted by Gasteiger charge is -2.23. The summed E-state index contributed by atoms with van der Waals surface area (Å²) in [5, 5.41) is 8.56. The molecule has 0 aromatic heterocycles. The number of nitrogens with zero attached hydrogens (tertiary/aromatic N) is 1. The van der Waals surface area contributed by atoms with Crippen LogP contribution in [0.1, 0.15) is 12.0 Å². The van der Waals surface area contributed by atoms with E-state index in [-0.39, 0.29) is 30.4 Å². The summed E-state index contributed by atoms with van der Waals surface area (Å²) in [6.07, 6.45) is 0.802. The highest BCUT2D eigenvalue weighted by molar-refractivity contribution is 5.67. The predicted octanol–water partition coefficient (Wildman–Crippen LogP) is -1.10. The minimum Gasteiger partial charge on any atom is -1.00 e. The molecule has 1 aromatic carbocycles. The van der Waals surface area contributed by atoms with Gasteiger partial charge in [0.05, 0.1) is 21.1 Å². The Bertz CT molecular complexity index is 341. The molecule has 0 spiro atoms. The number of hydrogen-bond acceptors (Lipinski definition) is 1. The SMILES string of the molecule is C[N+](C)(C)c1ccc(CCC(=O)O)cc1.[I-]. The van der Waals surface area contributed by atoms with Gasteiger partial charge in [0.15, 0.2) is 0 Å². The highest BCUT2D eigenvalue weighted by Gasteiger charge is 2.11. The van der Waals surface area contributed by atoms with Gasteiger partial charge < -0.3 is 29.1 Å². The normalized spacial score (nSPS) is 10.7. The van der Waals surface area contributed by atoms with E-state index in [1.807, 2.05) is 12.1 Å². The van der Waals surface area contributed by atoms with E-state index < -0.39 is 5.97 Å². The molecule has 0 saturated heterocycles. The third kappa shape index (κ3) is 4.94. The van der Waals surface area contributed by atoms with E-state index in [1.54, 1.807) is 0 Å². The van der Waals surface area contributed by atoms with Crippen molar-refractivity contribution in [2.45, 2.75) is 12.8 Å². The Morgan fingerprint density at radius 2 is 1.69 bits per heavy atom. The summed E-state index contributed by atoms with van der Waals surface area (Å²) in [5.74, 6) is -0.745.